The fourth-order valence-electron chi connectivity index (χ4n) is 1.87. The first-order valence-electron chi connectivity index (χ1n) is 6.76. The van der Waals surface area contributed by atoms with Gasteiger partial charge in [0.25, 0.3) is 0 Å². The molecule has 0 aromatic carbocycles. The molecule has 0 bridgehead atoms. The van der Waals surface area contributed by atoms with E-state index in [0.717, 1.165) is 31.0 Å². The maximum Gasteiger partial charge on any atom is 0.159 e. The number of aromatic nitrogens is 1. The Hall–Kier alpha value is -1.42. The number of anilines is 1. The zero-order valence-electron chi connectivity index (χ0n) is 12.7. The number of pyridine rings is 1. The van der Waals surface area contributed by atoms with Gasteiger partial charge in [-0.1, -0.05) is 13.8 Å². The fourth-order valence-corrected chi connectivity index (χ4v) is 1.87. The molecule has 4 nitrogen and oxygen atoms in total. The van der Waals surface area contributed by atoms with Crippen molar-refractivity contribution in [2.24, 2.45) is 5.92 Å². The van der Waals surface area contributed by atoms with Crippen LogP contribution in [0.15, 0.2) is 18.3 Å². The molecule has 0 saturated heterocycles. The third-order valence-electron chi connectivity index (χ3n) is 2.88. The minimum atomic E-state index is 0.0840. The minimum absolute atomic E-state index is 0.0840. The quantitative estimate of drug-likeness (QED) is 0.707. The molecule has 106 valence electrons. The first-order valence-corrected chi connectivity index (χ1v) is 6.76. The van der Waals surface area contributed by atoms with Gasteiger partial charge in [0, 0.05) is 31.4 Å². The van der Waals surface area contributed by atoms with Gasteiger partial charge in [-0.25, -0.2) is 4.98 Å². The van der Waals surface area contributed by atoms with Gasteiger partial charge in [0.2, 0.25) is 0 Å². The van der Waals surface area contributed by atoms with E-state index >= 15 is 0 Å². The second-order valence-corrected chi connectivity index (χ2v) is 5.60. The number of nitrogens with zero attached hydrogens (tertiary/aromatic N) is 3. The van der Waals surface area contributed by atoms with Crippen LogP contribution in [0.1, 0.15) is 31.1 Å². The van der Waals surface area contributed by atoms with Gasteiger partial charge in [0.15, 0.2) is 5.78 Å². The molecule has 1 heterocycles. The lowest BCUT2D eigenvalue weighted by molar-refractivity contribution is 0.101. The van der Waals surface area contributed by atoms with Crippen molar-refractivity contribution in [3.63, 3.8) is 0 Å². The van der Waals surface area contributed by atoms with Crippen molar-refractivity contribution in [1.29, 1.82) is 0 Å². The van der Waals surface area contributed by atoms with Crippen LogP contribution in [0.3, 0.4) is 0 Å². The average molecular weight is 263 g/mol. The van der Waals surface area contributed by atoms with Gasteiger partial charge in [-0.2, -0.15) is 0 Å². The number of likely N-dealkylation sites (N-methyl/N-ethyl adjacent to an activating group) is 1. The summed E-state index contributed by atoms with van der Waals surface area (Å²) in [4.78, 5) is 20.3. The molecular weight excluding hydrogens is 238 g/mol. The van der Waals surface area contributed by atoms with Crippen LogP contribution >= 0.6 is 0 Å². The van der Waals surface area contributed by atoms with Crippen molar-refractivity contribution in [2.75, 3.05) is 38.6 Å². The third kappa shape index (κ3) is 5.39. The highest BCUT2D eigenvalue weighted by Crippen LogP contribution is 2.15. The van der Waals surface area contributed by atoms with E-state index in [9.17, 15) is 4.79 Å². The summed E-state index contributed by atoms with van der Waals surface area (Å²) in [7, 11) is 4.12. The summed E-state index contributed by atoms with van der Waals surface area (Å²) in [6, 6.07) is 3.66. The molecule has 0 spiro atoms. The van der Waals surface area contributed by atoms with E-state index in [0.29, 0.717) is 5.92 Å². The molecule has 0 saturated carbocycles. The Labute approximate surface area is 116 Å². The smallest absolute Gasteiger partial charge is 0.159 e. The van der Waals surface area contributed by atoms with E-state index in [-0.39, 0.29) is 5.78 Å². The van der Waals surface area contributed by atoms with Crippen LogP contribution in [0.2, 0.25) is 0 Å². The van der Waals surface area contributed by atoms with Crippen molar-refractivity contribution < 1.29 is 4.79 Å². The lowest BCUT2D eigenvalue weighted by Gasteiger charge is -2.27. The third-order valence-corrected chi connectivity index (χ3v) is 2.88. The van der Waals surface area contributed by atoms with Crippen LogP contribution in [0, 0.1) is 5.92 Å². The Kier molecular flexibility index (Phi) is 5.96. The van der Waals surface area contributed by atoms with Crippen molar-refractivity contribution in [3.8, 4) is 0 Å². The van der Waals surface area contributed by atoms with E-state index in [4.69, 9.17) is 0 Å². The zero-order chi connectivity index (χ0) is 14.4. The number of rotatable bonds is 7. The number of carbonyl (C=O) groups is 1. The molecule has 0 atom stereocenters. The van der Waals surface area contributed by atoms with Crippen LogP contribution in [-0.2, 0) is 0 Å². The first kappa shape index (κ1) is 15.6. The summed E-state index contributed by atoms with van der Waals surface area (Å²) in [5, 5.41) is 0. The van der Waals surface area contributed by atoms with Gasteiger partial charge in [0.1, 0.15) is 5.82 Å². The molecule has 0 aliphatic heterocycles. The molecule has 0 aliphatic carbocycles. The number of ketones is 1. The molecule has 0 unspecified atom stereocenters. The second kappa shape index (κ2) is 7.24. The Morgan fingerprint density at radius 1 is 1.32 bits per heavy atom. The standard InChI is InChI=1S/C15H25N3O/c1-12(2)11-18(9-8-17(4)5)15-10-14(13(3)19)6-7-16-15/h6-7,10,12H,8-9,11H2,1-5H3. The van der Waals surface area contributed by atoms with Gasteiger partial charge >= 0.3 is 0 Å². The molecule has 0 radical (unpaired) electrons. The molecular formula is C15H25N3O. The van der Waals surface area contributed by atoms with Crippen molar-refractivity contribution in [3.05, 3.63) is 23.9 Å². The number of hydrogen-bond donors (Lipinski definition) is 0. The second-order valence-electron chi connectivity index (χ2n) is 5.60. The Bertz CT molecular complexity index is 416. The highest BCUT2D eigenvalue weighted by atomic mass is 16.1. The van der Waals surface area contributed by atoms with Crippen LogP contribution in [0.25, 0.3) is 0 Å². The first-order chi connectivity index (χ1) is 8.90. The minimum Gasteiger partial charge on any atom is -0.355 e. The molecule has 4 heteroatoms. The van der Waals surface area contributed by atoms with Crippen LogP contribution in [-0.4, -0.2) is 49.4 Å². The maximum atomic E-state index is 11.5. The van der Waals surface area contributed by atoms with Crippen LogP contribution in [0.4, 0.5) is 5.82 Å². The van der Waals surface area contributed by atoms with Crippen molar-refractivity contribution in [2.45, 2.75) is 20.8 Å². The van der Waals surface area contributed by atoms with Crippen molar-refractivity contribution >= 4 is 11.6 Å². The van der Waals surface area contributed by atoms with Gasteiger partial charge in [-0.15, -0.1) is 0 Å². The van der Waals surface area contributed by atoms with Gasteiger partial charge < -0.3 is 9.80 Å². The molecule has 0 amide bonds. The van der Waals surface area contributed by atoms with Gasteiger partial charge in [0.05, 0.1) is 0 Å². The summed E-state index contributed by atoms with van der Waals surface area (Å²) in [5.74, 6) is 1.54. The summed E-state index contributed by atoms with van der Waals surface area (Å²) >= 11 is 0. The Morgan fingerprint density at radius 3 is 2.53 bits per heavy atom. The molecule has 0 aliphatic rings. The lowest BCUT2D eigenvalue weighted by Crippen LogP contribution is -2.35. The normalized spacial score (nSPS) is 11.1. The molecule has 0 fully saturated rings. The molecule has 1 aromatic heterocycles. The fraction of sp³-hybridized carbons (Fsp3) is 0.600. The highest BCUT2D eigenvalue weighted by molar-refractivity contribution is 5.94. The van der Waals surface area contributed by atoms with E-state index in [1.807, 2.05) is 6.07 Å². The van der Waals surface area contributed by atoms with Crippen LogP contribution in [0.5, 0.6) is 0 Å². The SMILES string of the molecule is CC(=O)c1ccnc(N(CCN(C)C)CC(C)C)c1. The average Bonchev–Trinajstić information content (AvgIpc) is 2.34. The maximum absolute atomic E-state index is 11.5. The Balaban J connectivity index is 2.89. The van der Waals surface area contributed by atoms with E-state index in [2.05, 4.69) is 42.7 Å². The Morgan fingerprint density at radius 2 is 2.00 bits per heavy atom. The van der Waals surface area contributed by atoms with Gasteiger partial charge in [-0.3, -0.25) is 4.79 Å². The van der Waals surface area contributed by atoms with Crippen LogP contribution < -0.4 is 4.90 Å². The molecule has 1 rings (SSSR count). The predicted octanol–water partition coefficient (Wildman–Crippen LogP) is 2.31. The topological polar surface area (TPSA) is 36.4 Å². The summed E-state index contributed by atoms with van der Waals surface area (Å²) in [6.07, 6.45) is 1.72. The summed E-state index contributed by atoms with van der Waals surface area (Å²) < 4.78 is 0. The lowest BCUT2D eigenvalue weighted by atomic mass is 10.1. The monoisotopic (exact) mass is 263 g/mol. The summed E-state index contributed by atoms with van der Waals surface area (Å²) in [5.41, 5.74) is 0.726. The number of hydrogen-bond acceptors (Lipinski definition) is 4. The molecule has 19 heavy (non-hydrogen) atoms. The van der Waals surface area contributed by atoms with E-state index in [1.54, 1.807) is 19.2 Å². The molecule has 0 N–H and O–H groups in total. The number of Topliss-reactive ketones (excluding diaryl/α,β-unsaturated/α-hetero) is 1. The molecule has 1 aromatic rings. The van der Waals surface area contributed by atoms with E-state index in [1.165, 1.54) is 0 Å². The van der Waals surface area contributed by atoms with Gasteiger partial charge in [-0.05, 0) is 39.1 Å². The highest BCUT2D eigenvalue weighted by Gasteiger charge is 2.11. The zero-order valence-corrected chi connectivity index (χ0v) is 12.7. The largest absolute Gasteiger partial charge is 0.355 e. The predicted molar refractivity (Wildman–Crippen MR) is 79.8 cm³/mol. The van der Waals surface area contributed by atoms with E-state index < -0.39 is 0 Å². The number of carbonyl (C=O) groups excluding carboxylic acids is 1. The summed E-state index contributed by atoms with van der Waals surface area (Å²) in [6.45, 7) is 8.81. The van der Waals surface area contributed by atoms with Crippen molar-refractivity contribution in [1.82, 2.24) is 9.88 Å².